The Labute approximate surface area is 155 Å². The third kappa shape index (κ3) is 5.29. The van der Waals surface area contributed by atoms with E-state index in [1.807, 2.05) is 43.4 Å². The molecule has 0 radical (unpaired) electrons. The van der Waals surface area contributed by atoms with Crippen LogP contribution in [0.3, 0.4) is 0 Å². The van der Waals surface area contributed by atoms with Crippen LogP contribution in [0.4, 0.5) is 17.5 Å². The van der Waals surface area contributed by atoms with E-state index < -0.39 is 0 Å². The highest BCUT2D eigenvalue weighted by Crippen LogP contribution is 2.17. The van der Waals surface area contributed by atoms with Gasteiger partial charge >= 0.3 is 0 Å². The van der Waals surface area contributed by atoms with Gasteiger partial charge in [-0.05, 0) is 62.7 Å². The van der Waals surface area contributed by atoms with E-state index in [0.717, 1.165) is 35.5 Å². The molecule has 0 atom stereocenters. The fourth-order valence-electron chi connectivity index (χ4n) is 3.00. The summed E-state index contributed by atoms with van der Waals surface area (Å²) in [5.41, 5.74) is 1.12. The first-order chi connectivity index (χ1) is 12.6. The van der Waals surface area contributed by atoms with E-state index in [4.69, 9.17) is 0 Å². The van der Waals surface area contributed by atoms with E-state index >= 15 is 0 Å². The van der Waals surface area contributed by atoms with Crippen molar-refractivity contribution in [3.8, 4) is 0 Å². The third-order valence-corrected chi connectivity index (χ3v) is 4.82. The molecule has 1 aliphatic heterocycles. The van der Waals surface area contributed by atoms with Gasteiger partial charge in [0, 0.05) is 33.4 Å². The Morgan fingerprint density at radius 2 is 1.81 bits per heavy atom. The SMILES string of the molecule is CN1CCC(CNc2ccc(CNc3ccc(N(C)C)nn3)cn2)CC1. The molecule has 3 rings (SSSR count). The number of pyridine rings is 1. The summed E-state index contributed by atoms with van der Waals surface area (Å²) in [6, 6.07) is 8.03. The Bertz CT molecular complexity index is 661. The van der Waals surface area contributed by atoms with E-state index in [1.54, 1.807) is 0 Å². The summed E-state index contributed by atoms with van der Waals surface area (Å²) < 4.78 is 0. The highest BCUT2D eigenvalue weighted by molar-refractivity contribution is 5.43. The Morgan fingerprint density at radius 1 is 1.04 bits per heavy atom. The topological polar surface area (TPSA) is 69.2 Å². The van der Waals surface area contributed by atoms with Crippen LogP contribution in [0.5, 0.6) is 0 Å². The maximum Gasteiger partial charge on any atom is 0.150 e. The lowest BCUT2D eigenvalue weighted by Crippen LogP contribution is -2.33. The standard InChI is InChI=1S/C19H29N7/c1-25(2)19-7-6-18(23-24-19)22-14-16-4-5-17(21-13-16)20-12-15-8-10-26(3)11-9-15/h4-7,13,15H,8-12,14H2,1-3H3,(H,20,21)(H,22,23). The average molecular weight is 355 g/mol. The highest BCUT2D eigenvalue weighted by Gasteiger charge is 2.16. The molecule has 0 aromatic carbocycles. The number of nitrogens with zero attached hydrogens (tertiary/aromatic N) is 5. The maximum atomic E-state index is 4.52. The summed E-state index contributed by atoms with van der Waals surface area (Å²) in [6.45, 7) is 4.08. The van der Waals surface area contributed by atoms with Crippen LogP contribution in [0, 0.1) is 5.92 Å². The Hall–Kier alpha value is -2.41. The van der Waals surface area contributed by atoms with Crippen molar-refractivity contribution in [2.45, 2.75) is 19.4 Å². The Morgan fingerprint density at radius 3 is 2.42 bits per heavy atom. The van der Waals surface area contributed by atoms with Gasteiger partial charge in [-0.2, -0.15) is 0 Å². The molecule has 0 spiro atoms. The molecule has 0 saturated carbocycles. The molecule has 1 aliphatic rings. The van der Waals surface area contributed by atoms with Crippen molar-refractivity contribution in [3.63, 3.8) is 0 Å². The zero-order chi connectivity index (χ0) is 18.4. The van der Waals surface area contributed by atoms with Crippen LogP contribution < -0.4 is 15.5 Å². The molecular formula is C19H29N7. The molecule has 1 fully saturated rings. The monoisotopic (exact) mass is 355 g/mol. The van der Waals surface area contributed by atoms with Gasteiger partial charge in [0.1, 0.15) is 11.6 Å². The number of anilines is 3. The molecule has 2 aromatic heterocycles. The van der Waals surface area contributed by atoms with Crippen molar-refractivity contribution in [2.24, 2.45) is 5.92 Å². The van der Waals surface area contributed by atoms with E-state index in [1.165, 1.54) is 25.9 Å². The predicted molar refractivity (Wildman–Crippen MR) is 107 cm³/mol. The number of hydrogen-bond donors (Lipinski definition) is 2. The van der Waals surface area contributed by atoms with Crippen LogP contribution in [-0.2, 0) is 6.54 Å². The quantitative estimate of drug-likeness (QED) is 0.790. The van der Waals surface area contributed by atoms with E-state index in [-0.39, 0.29) is 0 Å². The van der Waals surface area contributed by atoms with Crippen molar-refractivity contribution >= 4 is 17.5 Å². The second kappa shape index (κ2) is 8.80. The lowest BCUT2D eigenvalue weighted by molar-refractivity contribution is 0.226. The fraction of sp³-hybridized carbons (Fsp3) is 0.526. The molecule has 0 unspecified atom stereocenters. The number of likely N-dealkylation sites (tertiary alicyclic amines) is 1. The van der Waals surface area contributed by atoms with Crippen LogP contribution in [0.25, 0.3) is 0 Å². The van der Waals surface area contributed by atoms with Gasteiger partial charge in [0.25, 0.3) is 0 Å². The summed E-state index contributed by atoms with van der Waals surface area (Å²) in [5, 5.41) is 15.1. The molecule has 1 saturated heterocycles. The molecule has 7 nitrogen and oxygen atoms in total. The first kappa shape index (κ1) is 18.4. The molecule has 2 N–H and O–H groups in total. The minimum atomic E-state index is 0.679. The van der Waals surface area contributed by atoms with Crippen molar-refractivity contribution in [1.29, 1.82) is 0 Å². The average Bonchev–Trinajstić information content (AvgIpc) is 2.67. The Balaban J connectivity index is 1.44. The largest absolute Gasteiger partial charge is 0.370 e. The summed E-state index contributed by atoms with van der Waals surface area (Å²) in [4.78, 5) is 8.85. The van der Waals surface area contributed by atoms with Crippen LogP contribution in [-0.4, -0.2) is 60.9 Å². The molecule has 26 heavy (non-hydrogen) atoms. The second-order valence-electron chi connectivity index (χ2n) is 7.20. The van der Waals surface area contributed by atoms with Gasteiger partial charge in [-0.3, -0.25) is 0 Å². The molecule has 140 valence electrons. The number of hydrogen-bond acceptors (Lipinski definition) is 7. The molecule has 2 aromatic rings. The van der Waals surface area contributed by atoms with Gasteiger partial charge in [-0.15, -0.1) is 10.2 Å². The van der Waals surface area contributed by atoms with E-state index in [0.29, 0.717) is 6.54 Å². The molecule has 3 heterocycles. The summed E-state index contributed by atoms with van der Waals surface area (Å²) in [5.74, 6) is 3.30. The van der Waals surface area contributed by atoms with Gasteiger partial charge in [-0.25, -0.2) is 4.98 Å². The zero-order valence-corrected chi connectivity index (χ0v) is 15.9. The van der Waals surface area contributed by atoms with Crippen LogP contribution >= 0.6 is 0 Å². The number of aromatic nitrogens is 3. The van der Waals surface area contributed by atoms with Crippen molar-refractivity contribution in [1.82, 2.24) is 20.1 Å². The predicted octanol–water partition coefficient (Wildman–Crippen LogP) is 2.30. The molecule has 0 amide bonds. The van der Waals surface area contributed by atoms with Gasteiger partial charge < -0.3 is 20.4 Å². The van der Waals surface area contributed by atoms with Crippen LogP contribution in [0.1, 0.15) is 18.4 Å². The van der Waals surface area contributed by atoms with Gasteiger partial charge in [0.05, 0.1) is 0 Å². The van der Waals surface area contributed by atoms with Crippen LogP contribution in [0.2, 0.25) is 0 Å². The van der Waals surface area contributed by atoms with E-state index in [9.17, 15) is 0 Å². The minimum absolute atomic E-state index is 0.679. The number of rotatable bonds is 7. The van der Waals surface area contributed by atoms with E-state index in [2.05, 4.69) is 43.8 Å². The zero-order valence-electron chi connectivity index (χ0n) is 15.9. The normalized spacial score (nSPS) is 15.7. The first-order valence-electron chi connectivity index (χ1n) is 9.22. The lowest BCUT2D eigenvalue weighted by atomic mass is 9.97. The molecule has 7 heteroatoms. The number of nitrogens with one attached hydrogen (secondary N) is 2. The molecule has 0 aliphatic carbocycles. The van der Waals surface area contributed by atoms with Crippen LogP contribution in [0.15, 0.2) is 30.5 Å². The van der Waals surface area contributed by atoms with Gasteiger partial charge in [-0.1, -0.05) is 6.07 Å². The van der Waals surface area contributed by atoms with Crippen molar-refractivity contribution in [3.05, 3.63) is 36.0 Å². The highest BCUT2D eigenvalue weighted by atomic mass is 15.3. The first-order valence-corrected chi connectivity index (χ1v) is 9.22. The summed E-state index contributed by atoms with van der Waals surface area (Å²) >= 11 is 0. The maximum absolute atomic E-state index is 4.52. The minimum Gasteiger partial charge on any atom is -0.370 e. The number of piperidine rings is 1. The van der Waals surface area contributed by atoms with Gasteiger partial charge in [0.2, 0.25) is 0 Å². The second-order valence-corrected chi connectivity index (χ2v) is 7.20. The van der Waals surface area contributed by atoms with Crippen molar-refractivity contribution < 1.29 is 0 Å². The fourth-order valence-corrected chi connectivity index (χ4v) is 3.00. The molecular weight excluding hydrogens is 326 g/mol. The van der Waals surface area contributed by atoms with Crippen molar-refractivity contribution in [2.75, 3.05) is 56.3 Å². The lowest BCUT2D eigenvalue weighted by Gasteiger charge is -2.29. The van der Waals surface area contributed by atoms with Gasteiger partial charge in [0.15, 0.2) is 5.82 Å². The summed E-state index contributed by atoms with van der Waals surface area (Å²) in [6.07, 6.45) is 4.43. The smallest absolute Gasteiger partial charge is 0.150 e. The Kier molecular flexibility index (Phi) is 6.22. The summed E-state index contributed by atoms with van der Waals surface area (Å²) in [7, 11) is 6.09. The molecule has 0 bridgehead atoms. The third-order valence-electron chi connectivity index (χ3n) is 4.82.